The number of carboxylic acid groups (broad SMARTS) is 1. The van der Waals surface area contributed by atoms with E-state index in [1.54, 1.807) is 0 Å². The first-order valence-corrected chi connectivity index (χ1v) is 8.13. The lowest BCUT2D eigenvalue weighted by atomic mass is 10.1. The van der Waals surface area contributed by atoms with E-state index in [4.69, 9.17) is 17.3 Å². The van der Waals surface area contributed by atoms with Crippen LogP contribution in [0.15, 0.2) is 11.1 Å². The van der Waals surface area contributed by atoms with Gasteiger partial charge < -0.3 is 16.2 Å². The van der Waals surface area contributed by atoms with Crippen LogP contribution in [0.3, 0.4) is 0 Å². The highest BCUT2D eigenvalue weighted by Gasteiger charge is 2.24. The number of amides is 1. The number of carboxylic acids is 1. The van der Waals surface area contributed by atoms with Crippen LogP contribution < -0.4 is 16.7 Å². The maximum absolute atomic E-state index is 12.3. The van der Waals surface area contributed by atoms with E-state index in [-0.39, 0.29) is 30.2 Å². The highest BCUT2D eigenvalue weighted by atomic mass is 35.5. The highest BCUT2D eigenvalue weighted by Crippen LogP contribution is 2.06. The van der Waals surface area contributed by atoms with E-state index >= 15 is 0 Å². The zero-order valence-corrected chi connectivity index (χ0v) is 14.0. The van der Waals surface area contributed by atoms with Crippen LogP contribution in [-0.4, -0.2) is 59.8 Å². The second kappa shape index (κ2) is 8.53. The molecule has 0 aliphatic rings. The number of fused-ring (bicyclic) bond motifs is 1. The molecule has 2 heterocycles. The van der Waals surface area contributed by atoms with Gasteiger partial charge >= 0.3 is 11.7 Å². The minimum Gasteiger partial charge on any atom is -0.480 e. The summed E-state index contributed by atoms with van der Waals surface area (Å²) in [4.78, 5) is 39.6. The van der Waals surface area contributed by atoms with Gasteiger partial charge in [0, 0.05) is 5.88 Å². The lowest BCUT2D eigenvalue weighted by Crippen LogP contribution is -2.41. The van der Waals surface area contributed by atoms with E-state index in [1.807, 2.05) is 0 Å². The normalized spacial score (nSPS) is 12.2. The van der Waals surface area contributed by atoms with Crippen LogP contribution in [0.4, 0.5) is 0 Å². The second-order valence-corrected chi connectivity index (χ2v) is 5.60. The number of aryl methyl sites for hydroxylation is 1. The monoisotopic (exact) mass is 371 g/mol. The van der Waals surface area contributed by atoms with E-state index in [2.05, 4.69) is 20.6 Å². The summed E-state index contributed by atoms with van der Waals surface area (Å²) in [5.74, 6) is -1.73. The molecule has 0 aromatic carbocycles. The number of nitrogens with two attached hydrogens (primary N) is 1. The van der Waals surface area contributed by atoms with Gasteiger partial charge in [-0.1, -0.05) is 5.21 Å². The van der Waals surface area contributed by atoms with Gasteiger partial charge in [-0.15, -0.1) is 16.7 Å². The summed E-state index contributed by atoms with van der Waals surface area (Å²) >= 11 is 5.57. The van der Waals surface area contributed by atoms with Crippen molar-refractivity contribution in [2.24, 2.45) is 5.73 Å². The molecule has 0 aliphatic carbocycles. The van der Waals surface area contributed by atoms with Crippen molar-refractivity contribution in [1.82, 2.24) is 29.7 Å². The van der Waals surface area contributed by atoms with Crippen molar-refractivity contribution in [1.29, 1.82) is 0 Å². The summed E-state index contributed by atoms with van der Waals surface area (Å²) < 4.78 is 2.09. The molecule has 0 saturated heterocycles. The maximum atomic E-state index is 12.3. The molecule has 0 fully saturated rings. The fourth-order valence-corrected chi connectivity index (χ4v) is 2.35. The lowest BCUT2D eigenvalue weighted by Gasteiger charge is -2.13. The average Bonchev–Trinajstić information content (AvgIpc) is 3.01. The topological polar surface area (TPSA) is 157 Å². The SMILES string of the molecule is NCCCC[C@H](NC(=O)c1ncn2c(=O)n(CCCl)nnc12)C(=O)O. The van der Waals surface area contributed by atoms with E-state index in [9.17, 15) is 19.5 Å². The Kier molecular flexibility index (Phi) is 6.42. The van der Waals surface area contributed by atoms with Crippen molar-refractivity contribution >= 4 is 29.1 Å². The standard InChI is InChI=1S/C13H18ClN7O4/c14-4-6-21-13(25)20-7-16-9(10(20)18-19-21)11(22)17-8(12(23)24)3-1-2-5-15/h7-8H,1-6,15H2,(H,17,22)(H,23,24)/t8-/m0/s1. The van der Waals surface area contributed by atoms with Gasteiger partial charge in [-0.3, -0.25) is 4.79 Å². The Morgan fingerprint density at radius 3 is 2.80 bits per heavy atom. The number of aliphatic carboxylic acids is 1. The third-order valence-corrected chi connectivity index (χ3v) is 3.65. The first kappa shape index (κ1) is 18.8. The first-order valence-electron chi connectivity index (χ1n) is 7.60. The third-order valence-electron chi connectivity index (χ3n) is 3.48. The predicted molar refractivity (Wildman–Crippen MR) is 87.6 cm³/mol. The molecule has 12 heteroatoms. The number of hydrogen-bond donors (Lipinski definition) is 3. The van der Waals surface area contributed by atoms with Crippen LogP contribution >= 0.6 is 11.6 Å². The molecule has 4 N–H and O–H groups in total. The van der Waals surface area contributed by atoms with Gasteiger partial charge in [-0.05, 0) is 25.8 Å². The smallest absolute Gasteiger partial charge is 0.353 e. The second-order valence-electron chi connectivity index (χ2n) is 5.22. The van der Waals surface area contributed by atoms with E-state index in [0.717, 1.165) is 15.4 Å². The Hall–Kier alpha value is -2.53. The van der Waals surface area contributed by atoms with Crippen molar-refractivity contribution in [3.05, 3.63) is 22.5 Å². The Labute approximate surface area is 146 Å². The Morgan fingerprint density at radius 1 is 1.40 bits per heavy atom. The van der Waals surface area contributed by atoms with Gasteiger partial charge in [0.2, 0.25) is 0 Å². The number of hydrogen-bond acceptors (Lipinski definition) is 7. The summed E-state index contributed by atoms with van der Waals surface area (Å²) in [5, 5.41) is 19.1. The van der Waals surface area contributed by atoms with Crippen molar-refractivity contribution in [3.8, 4) is 0 Å². The molecule has 2 rings (SSSR count). The molecule has 0 unspecified atom stereocenters. The summed E-state index contributed by atoms with van der Waals surface area (Å²) in [6.07, 6.45) is 2.58. The quantitative estimate of drug-likeness (QED) is 0.367. The average molecular weight is 372 g/mol. The van der Waals surface area contributed by atoms with Crippen molar-refractivity contribution in [3.63, 3.8) is 0 Å². The van der Waals surface area contributed by atoms with Gasteiger partial charge in [0.05, 0.1) is 6.54 Å². The van der Waals surface area contributed by atoms with Crippen LogP contribution in [0.5, 0.6) is 0 Å². The fourth-order valence-electron chi connectivity index (χ4n) is 2.19. The number of halogens is 1. The van der Waals surface area contributed by atoms with Crippen molar-refractivity contribution < 1.29 is 14.7 Å². The molecule has 0 radical (unpaired) electrons. The van der Waals surface area contributed by atoms with Gasteiger partial charge in [0.15, 0.2) is 11.3 Å². The largest absolute Gasteiger partial charge is 0.480 e. The van der Waals surface area contributed by atoms with E-state index < -0.39 is 23.6 Å². The fraction of sp³-hybridized carbons (Fsp3) is 0.538. The molecule has 1 amide bonds. The van der Waals surface area contributed by atoms with E-state index in [0.29, 0.717) is 19.4 Å². The predicted octanol–water partition coefficient (Wildman–Crippen LogP) is -1.16. The molecule has 0 spiro atoms. The number of aromatic nitrogens is 5. The number of carbonyl (C=O) groups excluding carboxylic acids is 1. The van der Waals surface area contributed by atoms with Crippen LogP contribution in [-0.2, 0) is 11.3 Å². The minimum absolute atomic E-state index is 0.0561. The molecular weight excluding hydrogens is 354 g/mol. The highest BCUT2D eigenvalue weighted by molar-refractivity contribution is 6.17. The van der Waals surface area contributed by atoms with Crippen molar-refractivity contribution in [2.45, 2.75) is 31.8 Å². The minimum atomic E-state index is -1.16. The number of nitrogens with zero attached hydrogens (tertiary/aromatic N) is 5. The number of alkyl halides is 1. The number of nitrogens with one attached hydrogen (secondary N) is 1. The number of unbranched alkanes of at least 4 members (excludes halogenated alkanes) is 1. The molecule has 0 bridgehead atoms. The molecule has 1 atom stereocenters. The van der Waals surface area contributed by atoms with E-state index in [1.165, 1.54) is 0 Å². The van der Waals surface area contributed by atoms with Crippen LogP contribution in [0.25, 0.3) is 5.65 Å². The van der Waals surface area contributed by atoms with Gasteiger partial charge in [-0.25, -0.2) is 19.0 Å². The molecule has 0 saturated carbocycles. The van der Waals surface area contributed by atoms with Crippen LogP contribution in [0.1, 0.15) is 29.8 Å². The van der Waals surface area contributed by atoms with Gasteiger partial charge in [0.1, 0.15) is 12.4 Å². The van der Waals surface area contributed by atoms with Gasteiger partial charge in [0.25, 0.3) is 5.91 Å². The molecular formula is C13H18ClN7O4. The molecule has 25 heavy (non-hydrogen) atoms. The number of rotatable bonds is 9. The molecule has 136 valence electrons. The molecule has 0 aliphatic heterocycles. The summed E-state index contributed by atoms with van der Waals surface area (Å²) in [6, 6.07) is -1.08. The number of carbonyl (C=O) groups is 2. The van der Waals surface area contributed by atoms with Gasteiger partial charge in [-0.2, -0.15) is 4.68 Å². The Bertz CT molecular complexity index is 818. The summed E-state index contributed by atoms with van der Waals surface area (Å²) in [7, 11) is 0. The third kappa shape index (κ3) is 4.31. The van der Waals surface area contributed by atoms with Crippen molar-refractivity contribution in [2.75, 3.05) is 12.4 Å². The zero-order chi connectivity index (χ0) is 18.4. The Balaban J connectivity index is 2.22. The Morgan fingerprint density at radius 2 is 2.16 bits per heavy atom. The van der Waals surface area contributed by atoms with Crippen LogP contribution in [0, 0.1) is 0 Å². The summed E-state index contributed by atoms with van der Waals surface area (Å²) in [5.41, 5.74) is 4.60. The first-order chi connectivity index (χ1) is 12.0. The zero-order valence-electron chi connectivity index (χ0n) is 13.3. The molecule has 2 aromatic rings. The number of imidazole rings is 1. The lowest BCUT2D eigenvalue weighted by molar-refractivity contribution is -0.139. The molecule has 2 aromatic heterocycles. The maximum Gasteiger partial charge on any atom is 0.353 e. The summed E-state index contributed by atoms with van der Waals surface area (Å²) in [6.45, 7) is 0.599. The molecule has 11 nitrogen and oxygen atoms in total. The van der Waals surface area contributed by atoms with Crippen LogP contribution in [0.2, 0.25) is 0 Å².